The van der Waals surface area contributed by atoms with E-state index in [0.717, 1.165) is 12.2 Å². The number of fused-ring (bicyclic) bond motifs is 1. The summed E-state index contributed by atoms with van der Waals surface area (Å²) in [6.07, 6.45) is 0.911. The Hall–Kier alpha value is -2.08. The molecule has 0 spiro atoms. The molecule has 2 heterocycles. The van der Waals surface area contributed by atoms with E-state index in [1.807, 2.05) is 25.1 Å². The highest BCUT2D eigenvalue weighted by Crippen LogP contribution is 2.28. The van der Waals surface area contributed by atoms with E-state index in [1.165, 1.54) is 5.56 Å². The number of nitrogens with zero attached hydrogens (tertiary/aromatic N) is 3. The Morgan fingerprint density at radius 1 is 1.33 bits per heavy atom. The minimum Gasteiger partial charge on any atom is -0.488 e. The number of para-hydroxylation sites is 1. The van der Waals surface area contributed by atoms with Crippen LogP contribution in [0.4, 0.5) is 5.95 Å². The van der Waals surface area contributed by atoms with E-state index in [4.69, 9.17) is 21.1 Å². The number of benzene rings is 1. The zero-order valence-electron chi connectivity index (χ0n) is 11.5. The largest absolute Gasteiger partial charge is 0.488 e. The molecule has 7 heteroatoms. The topological polar surface area (TPSA) is 69.2 Å². The van der Waals surface area contributed by atoms with Crippen LogP contribution in [-0.4, -0.2) is 34.2 Å². The van der Waals surface area contributed by atoms with Crippen molar-refractivity contribution in [3.8, 4) is 11.8 Å². The Morgan fingerprint density at radius 2 is 2.19 bits per heavy atom. The smallest absolute Gasteiger partial charge is 0.322 e. The number of hydrogen-bond donors (Lipinski definition) is 1. The molecule has 1 aliphatic rings. The van der Waals surface area contributed by atoms with Crippen molar-refractivity contribution in [3.05, 3.63) is 35.1 Å². The van der Waals surface area contributed by atoms with Gasteiger partial charge < -0.3 is 14.8 Å². The van der Waals surface area contributed by atoms with Gasteiger partial charge in [0.25, 0.3) is 0 Å². The molecular formula is C14H15ClN4O2. The van der Waals surface area contributed by atoms with Crippen LogP contribution in [0.2, 0.25) is 5.28 Å². The summed E-state index contributed by atoms with van der Waals surface area (Å²) in [5.41, 5.74) is 1.22. The molecule has 21 heavy (non-hydrogen) atoms. The molecule has 1 unspecified atom stereocenters. The summed E-state index contributed by atoms with van der Waals surface area (Å²) in [4.78, 5) is 12.0. The zero-order valence-corrected chi connectivity index (χ0v) is 12.3. The zero-order chi connectivity index (χ0) is 14.7. The van der Waals surface area contributed by atoms with E-state index in [1.54, 1.807) is 0 Å². The second-order valence-corrected chi connectivity index (χ2v) is 4.91. The van der Waals surface area contributed by atoms with E-state index in [2.05, 4.69) is 26.3 Å². The summed E-state index contributed by atoms with van der Waals surface area (Å²) in [7, 11) is 0. The lowest BCUT2D eigenvalue weighted by Gasteiger charge is -2.12. The van der Waals surface area contributed by atoms with Gasteiger partial charge in [-0.2, -0.15) is 15.0 Å². The van der Waals surface area contributed by atoms with Crippen molar-refractivity contribution in [2.75, 3.05) is 18.5 Å². The van der Waals surface area contributed by atoms with Crippen LogP contribution in [0.15, 0.2) is 24.3 Å². The minimum atomic E-state index is 0.0495. The van der Waals surface area contributed by atoms with Gasteiger partial charge in [0, 0.05) is 6.42 Å². The van der Waals surface area contributed by atoms with Crippen molar-refractivity contribution in [3.63, 3.8) is 0 Å². The molecule has 0 bridgehead atoms. The molecule has 1 aromatic heterocycles. The first-order valence-corrected chi connectivity index (χ1v) is 7.15. The summed E-state index contributed by atoms with van der Waals surface area (Å²) in [5.74, 6) is 1.32. The third-order valence-corrected chi connectivity index (χ3v) is 3.23. The average molecular weight is 307 g/mol. The number of hydrogen-bond acceptors (Lipinski definition) is 6. The van der Waals surface area contributed by atoms with Crippen molar-refractivity contribution in [2.24, 2.45) is 0 Å². The lowest BCUT2D eigenvalue weighted by atomic mass is 10.1. The molecular weight excluding hydrogens is 292 g/mol. The Bertz CT molecular complexity index is 613. The van der Waals surface area contributed by atoms with Crippen LogP contribution in [-0.2, 0) is 6.42 Å². The predicted molar refractivity (Wildman–Crippen MR) is 79.1 cm³/mol. The van der Waals surface area contributed by atoms with Gasteiger partial charge in [-0.1, -0.05) is 18.2 Å². The highest BCUT2D eigenvalue weighted by atomic mass is 35.5. The number of ether oxygens (including phenoxy) is 2. The maximum atomic E-state index is 5.84. The van der Waals surface area contributed by atoms with Crippen LogP contribution in [0.1, 0.15) is 12.5 Å². The first kappa shape index (κ1) is 13.9. The molecule has 0 saturated carbocycles. The van der Waals surface area contributed by atoms with Gasteiger partial charge in [0.05, 0.1) is 13.2 Å². The Kier molecular flexibility index (Phi) is 4.06. The van der Waals surface area contributed by atoms with E-state index >= 15 is 0 Å². The third kappa shape index (κ3) is 3.33. The molecule has 2 aromatic rings. The monoisotopic (exact) mass is 306 g/mol. The predicted octanol–water partition coefficient (Wildman–Crippen LogP) is 2.34. The minimum absolute atomic E-state index is 0.0495. The van der Waals surface area contributed by atoms with Crippen LogP contribution in [0.5, 0.6) is 11.8 Å². The lowest BCUT2D eigenvalue weighted by Crippen LogP contribution is -2.25. The second-order valence-electron chi connectivity index (χ2n) is 4.58. The Morgan fingerprint density at radius 3 is 3.00 bits per heavy atom. The van der Waals surface area contributed by atoms with Crippen molar-refractivity contribution in [1.82, 2.24) is 15.0 Å². The van der Waals surface area contributed by atoms with Gasteiger partial charge in [-0.3, -0.25) is 0 Å². The average Bonchev–Trinajstić information content (AvgIpc) is 2.88. The Labute approximate surface area is 127 Å². The van der Waals surface area contributed by atoms with Gasteiger partial charge in [0.15, 0.2) is 0 Å². The van der Waals surface area contributed by atoms with Crippen LogP contribution >= 0.6 is 11.6 Å². The molecule has 6 nitrogen and oxygen atoms in total. The van der Waals surface area contributed by atoms with Gasteiger partial charge in [-0.05, 0) is 30.2 Å². The number of halogens is 1. The van der Waals surface area contributed by atoms with Gasteiger partial charge in [-0.15, -0.1) is 0 Å². The summed E-state index contributed by atoms with van der Waals surface area (Å²) >= 11 is 5.84. The third-order valence-electron chi connectivity index (χ3n) is 3.06. The number of anilines is 1. The van der Waals surface area contributed by atoms with Crippen molar-refractivity contribution in [2.45, 2.75) is 19.4 Å². The van der Waals surface area contributed by atoms with E-state index in [0.29, 0.717) is 19.1 Å². The van der Waals surface area contributed by atoms with E-state index < -0.39 is 0 Å². The fourth-order valence-corrected chi connectivity index (χ4v) is 2.33. The quantitative estimate of drug-likeness (QED) is 0.914. The Balaban J connectivity index is 1.61. The normalized spacial score (nSPS) is 16.2. The van der Waals surface area contributed by atoms with Crippen molar-refractivity contribution < 1.29 is 9.47 Å². The molecule has 0 amide bonds. The van der Waals surface area contributed by atoms with Gasteiger partial charge >= 0.3 is 6.01 Å². The molecule has 3 rings (SSSR count). The number of aromatic nitrogens is 3. The molecule has 0 fully saturated rings. The molecule has 0 aliphatic carbocycles. The van der Waals surface area contributed by atoms with Gasteiger partial charge in [-0.25, -0.2) is 0 Å². The maximum absolute atomic E-state index is 5.84. The second kappa shape index (κ2) is 6.13. The fourth-order valence-electron chi connectivity index (χ4n) is 2.18. The van der Waals surface area contributed by atoms with Crippen molar-refractivity contribution in [1.29, 1.82) is 0 Å². The SMILES string of the molecule is CCOc1nc(Cl)nc(NCC2Cc3ccccc3O2)n1. The summed E-state index contributed by atoms with van der Waals surface area (Å²) in [5, 5.41) is 3.21. The summed E-state index contributed by atoms with van der Waals surface area (Å²) in [6, 6.07) is 8.24. The fraction of sp³-hybridized carbons (Fsp3) is 0.357. The molecule has 110 valence electrons. The highest BCUT2D eigenvalue weighted by molar-refractivity contribution is 6.28. The first-order valence-electron chi connectivity index (χ1n) is 6.77. The van der Waals surface area contributed by atoms with Gasteiger partial charge in [0.2, 0.25) is 11.2 Å². The molecule has 1 atom stereocenters. The molecule has 1 aromatic carbocycles. The summed E-state index contributed by atoms with van der Waals surface area (Å²) < 4.78 is 11.1. The first-order chi connectivity index (χ1) is 10.2. The van der Waals surface area contributed by atoms with Crippen molar-refractivity contribution >= 4 is 17.5 Å². The maximum Gasteiger partial charge on any atom is 0.322 e. The molecule has 1 aliphatic heterocycles. The van der Waals surface area contributed by atoms with Crippen LogP contribution in [0.3, 0.4) is 0 Å². The van der Waals surface area contributed by atoms with Crippen LogP contribution in [0.25, 0.3) is 0 Å². The van der Waals surface area contributed by atoms with Gasteiger partial charge in [0.1, 0.15) is 11.9 Å². The van der Waals surface area contributed by atoms with Crippen LogP contribution in [0, 0.1) is 0 Å². The standard InChI is InChI=1S/C14H15ClN4O2/c1-2-20-14-18-12(15)17-13(19-14)16-8-10-7-9-5-3-4-6-11(9)21-10/h3-6,10H,2,7-8H2,1H3,(H,16,17,18,19). The van der Waals surface area contributed by atoms with E-state index in [9.17, 15) is 0 Å². The number of nitrogens with one attached hydrogen (secondary N) is 1. The summed E-state index contributed by atoms with van der Waals surface area (Å²) in [6.45, 7) is 2.91. The lowest BCUT2D eigenvalue weighted by molar-refractivity contribution is 0.246. The van der Waals surface area contributed by atoms with E-state index in [-0.39, 0.29) is 17.4 Å². The highest BCUT2D eigenvalue weighted by Gasteiger charge is 2.22. The molecule has 0 radical (unpaired) electrons. The van der Waals surface area contributed by atoms with Crippen LogP contribution < -0.4 is 14.8 Å². The number of rotatable bonds is 5. The molecule has 1 N–H and O–H groups in total. The molecule has 0 saturated heterocycles.